The van der Waals surface area contributed by atoms with Crippen LogP contribution in [-0.4, -0.2) is 63.1 Å². The number of amides is 1. The van der Waals surface area contributed by atoms with Gasteiger partial charge in [-0.3, -0.25) is 4.79 Å². The van der Waals surface area contributed by atoms with E-state index in [1.54, 1.807) is 6.92 Å². The SMILES string of the molecule is C[C@@H](O)[C@H]1C(=O)N2C(C(=O)O)=C(SCCO)[C@H](CCCN)[C@H]12. The van der Waals surface area contributed by atoms with Gasteiger partial charge in [-0.1, -0.05) is 0 Å². The summed E-state index contributed by atoms with van der Waals surface area (Å²) < 4.78 is 0. The van der Waals surface area contributed by atoms with Crippen molar-refractivity contribution in [2.75, 3.05) is 18.9 Å². The van der Waals surface area contributed by atoms with Crippen LogP contribution in [0.25, 0.3) is 0 Å². The smallest absolute Gasteiger partial charge is 0.353 e. The first-order valence-corrected chi connectivity index (χ1v) is 8.36. The van der Waals surface area contributed by atoms with E-state index in [1.165, 1.54) is 16.7 Å². The van der Waals surface area contributed by atoms with E-state index in [0.717, 1.165) is 0 Å². The summed E-state index contributed by atoms with van der Waals surface area (Å²) in [7, 11) is 0. The Morgan fingerprint density at radius 1 is 1.50 bits per heavy atom. The number of rotatable bonds is 8. The maximum atomic E-state index is 12.2. The fourth-order valence-corrected chi connectivity index (χ4v) is 4.45. The molecule has 0 spiro atoms. The summed E-state index contributed by atoms with van der Waals surface area (Å²) in [6.07, 6.45) is 0.566. The molecule has 8 heteroatoms. The summed E-state index contributed by atoms with van der Waals surface area (Å²) in [5, 5.41) is 28.3. The monoisotopic (exact) mass is 330 g/mol. The molecule has 1 fully saturated rings. The first-order valence-electron chi connectivity index (χ1n) is 7.38. The van der Waals surface area contributed by atoms with Gasteiger partial charge in [-0.25, -0.2) is 4.79 Å². The van der Waals surface area contributed by atoms with Gasteiger partial charge >= 0.3 is 5.97 Å². The first kappa shape index (κ1) is 17.3. The molecule has 2 aliphatic rings. The number of nitrogens with two attached hydrogens (primary N) is 1. The molecule has 1 amide bonds. The molecule has 2 rings (SSSR count). The topological polar surface area (TPSA) is 124 Å². The molecule has 2 aliphatic heterocycles. The van der Waals surface area contributed by atoms with Gasteiger partial charge in [0.25, 0.3) is 0 Å². The highest BCUT2D eigenvalue weighted by Gasteiger charge is 2.60. The Hall–Kier alpha value is -1.09. The lowest BCUT2D eigenvalue weighted by Gasteiger charge is -2.47. The number of aliphatic carboxylic acids is 1. The predicted molar refractivity (Wildman–Crippen MR) is 81.8 cm³/mol. The van der Waals surface area contributed by atoms with Crippen LogP contribution in [0.15, 0.2) is 10.6 Å². The number of carboxylic acid groups (broad SMARTS) is 1. The number of carbonyl (C=O) groups is 2. The Labute approximate surface area is 133 Å². The third-order valence-electron chi connectivity index (χ3n) is 4.20. The third-order valence-corrected chi connectivity index (χ3v) is 5.40. The average molecular weight is 330 g/mol. The number of fused-ring (bicyclic) bond motifs is 1. The summed E-state index contributed by atoms with van der Waals surface area (Å²) in [4.78, 5) is 25.7. The second kappa shape index (κ2) is 6.99. The molecule has 22 heavy (non-hydrogen) atoms. The van der Waals surface area contributed by atoms with Crippen LogP contribution in [0.3, 0.4) is 0 Å². The molecule has 124 valence electrons. The van der Waals surface area contributed by atoms with Crippen molar-refractivity contribution in [3.05, 3.63) is 10.6 Å². The Balaban J connectivity index is 2.35. The van der Waals surface area contributed by atoms with Gasteiger partial charge in [0.05, 0.1) is 24.7 Å². The quantitative estimate of drug-likeness (QED) is 0.446. The van der Waals surface area contributed by atoms with E-state index in [9.17, 15) is 19.8 Å². The van der Waals surface area contributed by atoms with Crippen molar-refractivity contribution in [1.29, 1.82) is 0 Å². The molecule has 0 aliphatic carbocycles. The largest absolute Gasteiger partial charge is 0.477 e. The van der Waals surface area contributed by atoms with Gasteiger partial charge in [-0.05, 0) is 26.3 Å². The van der Waals surface area contributed by atoms with Gasteiger partial charge in [-0.15, -0.1) is 11.8 Å². The second-order valence-corrected chi connectivity index (χ2v) is 6.73. The van der Waals surface area contributed by atoms with Crippen molar-refractivity contribution in [1.82, 2.24) is 4.90 Å². The molecule has 1 saturated heterocycles. The van der Waals surface area contributed by atoms with Crippen LogP contribution in [-0.2, 0) is 9.59 Å². The van der Waals surface area contributed by atoms with Crippen molar-refractivity contribution < 1.29 is 24.9 Å². The highest BCUT2D eigenvalue weighted by molar-refractivity contribution is 8.03. The van der Waals surface area contributed by atoms with E-state index in [0.29, 0.717) is 30.0 Å². The number of aliphatic hydroxyl groups is 2. The van der Waals surface area contributed by atoms with Crippen LogP contribution in [0.4, 0.5) is 0 Å². The zero-order valence-corrected chi connectivity index (χ0v) is 13.3. The van der Waals surface area contributed by atoms with E-state index in [-0.39, 0.29) is 30.2 Å². The number of β-lactam (4-membered cyclic amide) rings is 1. The molecule has 0 unspecified atom stereocenters. The molecule has 0 bridgehead atoms. The number of thioether (sulfide) groups is 1. The van der Waals surface area contributed by atoms with E-state index >= 15 is 0 Å². The fraction of sp³-hybridized carbons (Fsp3) is 0.714. The molecule has 2 heterocycles. The highest BCUT2D eigenvalue weighted by atomic mass is 32.2. The highest BCUT2D eigenvalue weighted by Crippen LogP contribution is 2.52. The summed E-state index contributed by atoms with van der Waals surface area (Å²) in [6.45, 7) is 1.97. The molecule has 0 aromatic carbocycles. The van der Waals surface area contributed by atoms with Crippen molar-refractivity contribution in [3.63, 3.8) is 0 Å². The van der Waals surface area contributed by atoms with Crippen molar-refractivity contribution in [2.45, 2.75) is 31.9 Å². The van der Waals surface area contributed by atoms with Crippen LogP contribution in [0.5, 0.6) is 0 Å². The Bertz CT molecular complexity index is 494. The van der Waals surface area contributed by atoms with E-state index in [2.05, 4.69) is 0 Å². The third kappa shape index (κ3) is 2.76. The van der Waals surface area contributed by atoms with Gasteiger partial charge < -0.3 is 26.0 Å². The lowest BCUT2D eigenvalue weighted by Crippen LogP contribution is -2.63. The molecule has 0 radical (unpaired) electrons. The number of hydrogen-bond donors (Lipinski definition) is 4. The first-order chi connectivity index (χ1) is 10.5. The minimum absolute atomic E-state index is 0.00683. The Morgan fingerprint density at radius 3 is 2.68 bits per heavy atom. The molecule has 0 aromatic rings. The molecular formula is C14H22N2O5S. The van der Waals surface area contributed by atoms with Crippen molar-refractivity contribution >= 4 is 23.6 Å². The molecular weight excluding hydrogens is 308 g/mol. The predicted octanol–water partition coefficient (Wildman–Crippen LogP) is -0.415. The summed E-state index contributed by atoms with van der Waals surface area (Å²) in [5.41, 5.74) is 5.56. The van der Waals surface area contributed by atoms with Crippen molar-refractivity contribution in [2.24, 2.45) is 17.6 Å². The van der Waals surface area contributed by atoms with Gasteiger partial charge in [0.2, 0.25) is 5.91 Å². The lowest BCUT2D eigenvalue weighted by atomic mass is 9.77. The van der Waals surface area contributed by atoms with Crippen LogP contribution in [0, 0.1) is 11.8 Å². The van der Waals surface area contributed by atoms with E-state index in [1.807, 2.05) is 0 Å². The maximum absolute atomic E-state index is 12.2. The number of nitrogens with zero attached hydrogens (tertiary/aromatic N) is 1. The molecule has 0 aromatic heterocycles. The van der Waals surface area contributed by atoms with E-state index < -0.39 is 18.0 Å². The number of hydrogen-bond acceptors (Lipinski definition) is 6. The second-order valence-electron chi connectivity index (χ2n) is 5.59. The number of carbonyl (C=O) groups excluding carboxylic acids is 1. The Kier molecular flexibility index (Phi) is 5.49. The molecule has 5 N–H and O–H groups in total. The Morgan fingerprint density at radius 2 is 2.18 bits per heavy atom. The van der Waals surface area contributed by atoms with Crippen LogP contribution in [0.2, 0.25) is 0 Å². The van der Waals surface area contributed by atoms with Crippen LogP contribution >= 0.6 is 11.8 Å². The van der Waals surface area contributed by atoms with Gasteiger partial charge in [0.15, 0.2) is 0 Å². The normalized spacial score (nSPS) is 28.6. The maximum Gasteiger partial charge on any atom is 0.353 e. The zero-order valence-electron chi connectivity index (χ0n) is 12.4. The molecule has 4 atom stereocenters. The van der Waals surface area contributed by atoms with Gasteiger partial charge in [-0.2, -0.15) is 0 Å². The lowest BCUT2D eigenvalue weighted by molar-refractivity contribution is -0.163. The number of carboxylic acids is 1. The van der Waals surface area contributed by atoms with Crippen LogP contribution in [0.1, 0.15) is 19.8 Å². The van der Waals surface area contributed by atoms with Crippen LogP contribution < -0.4 is 5.73 Å². The van der Waals surface area contributed by atoms with Gasteiger partial charge in [0.1, 0.15) is 5.70 Å². The average Bonchev–Trinajstić information content (AvgIpc) is 2.72. The van der Waals surface area contributed by atoms with E-state index in [4.69, 9.17) is 10.8 Å². The summed E-state index contributed by atoms with van der Waals surface area (Å²) in [5.74, 6) is -1.81. The summed E-state index contributed by atoms with van der Waals surface area (Å²) >= 11 is 1.27. The summed E-state index contributed by atoms with van der Waals surface area (Å²) in [6, 6.07) is -0.314. The number of aliphatic hydroxyl groups excluding tert-OH is 2. The zero-order chi connectivity index (χ0) is 16.4. The molecule has 0 saturated carbocycles. The van der Waals surface area contributed by atoms with Gasteiger partial charge in [0, 0.05) is 16.6 Å². The fourth-order valence-electron chi connectivity index (χ4n) is 3.34. The standard InChI is InChI=1S/C14H22N2O5S/c1-7(18)9-10-8(3-2-4-15)12(22-6-5-17)11(14(20)21)16(10)13(9)19/h7-10,17-18H,2-6,15H2,1H3,(H,20,21)/t7-,8-,9-,10-/m1/s1. The minimum atomic E-state index is -1.14. The van der Waals surface area contributed by atoms with Crippen molar-refractivity contribution in [3.8, 4) is 0 Å². The molecule has 7 nitrogen and oxygen atoms in total. The minimum Gasteiger partial charge on any atom is -0.477 e.